The lowest BCUT2D eigenvalue weighted by molar-refractivity contribution is -0.143. The summed E-state index contributed by atoms with van der Waals surface area (Å²) in [6.45, 7) is 7.73. The van der Waals surface area contributed by atoms with Gasteiger partial charge in [0.05, 0.1) is 23.7 Å². The third-order valence-electron chi connectivity index (χ3n) is 8.45. The summed E-state index contributed by atoms with van der Waals surface area (Å²) in [7, 11) is 1.97. The van der Waals surface area contributed by atoms with Crippen LogP contribution in [0.4, 0.5) is 17.5 Å². The zero-order chi connectivity index (χ0) is 23.8. The van der Waals surface area contributed by atoms with Crippen LogP contribution in [-0.2, 0) is 10.2 Å². The van der Waals surface area contributed by atoms with E-state index in [0.717, 1.165) is 49.8 Å². The first kappa shape index (κ1) is 21.3. The van der Waals surface area contributed by atoms with Crippen LogP contribution in [0.3, 0.4) is 0 Å². The molecule has 8 heteroatoms. The summed E-state index contributed by atoms with van der Waals surface area (Å²) in [5.41, 5.74) is 1.49. The van der Waals surface area contributed by atoms with Crippen molar-refractivity contribution in [3.05, 3.63) is 35.8 Å². The van der Waals surface area contributed by atoms with Crippen molar-refractivity contribution in [1.82, 2.24) is 19.9 Å². The van der Waals surface area contributed by atoms with E-state index in [-0.39, 0.29) is 22.8 Å². The Morgan fingerprint density at radius 2 is 2.00 bits per heavy atom. The fraction of sp³-hybridized carbons (Fsp3) is 0.577. The summed E-state index contributed by atoms with van der Waals surface area (Å²) in [6, 6.07) is 6.34. The lowest BCUT2D eigenvalue weighted by Gasteiger charge is -2.45. The Bertz CT molecular complexity index is 1210. The predicted octanol–water partition coefficient (Wildman–Crippen LogP) is 3.40. The molecule has 34 heavy (non-hydrogen) atoms. The van der Waals surface area contributed by atoms with Gasteiger partial charge in [-0.15, -0.1) is 0 Å². The third-order valence-corrected chi connectivity index (χ3v) is 8.45. The molecule has 2 aromatic rings. The van der Waals surface area contributed by atoms with Gasteiger partial charge in [-0.3, -0.25) is 4.79 Å². The fourth-order valence-corrected chi connectivity index (χ4v) is 6.63. The van der Waals surface area contributed by atoms with Crippen LogP contribution in [0.1, 0.15) is 57.6 Å². The smallest absolute Gasteiger partial charge is 0.228 e. The zero-order valence-corrected chi connectivity index (χ0v) is 20.3. The minimum absolute atomic E-state index is 0.0336. The molecule has 176 valence electrons. The van der Waals surface area contributed by atoms with Crippen molar-refractivity contribution in [2.75, 3.05) is 29.9 Å². The monoisotopic (exact) mass is 457 g/mol. The molecule has 2 aliphatic carbocycles. The van der Waals surface area contributed by atoms with E-state index in [0.29, 0.717) is 17.5 Å². The number of carbonyl (C=O) groups is 1. The normalized spacial score (nSPS) is 26.0. The minimum Gasteiger partial charge on any atom is -0.351 e. The number of carbonyl (C=O) groups excluding carboxylic acids is 1. The molecule has 1 amide bonds. The molecular weight excluding hydrogens is 426 g/mol. The van der Waals surface area contributed by atoms with Crippen LogP contribution in [0.25, 0.3) is 0 Å². The summed E-state index contributed by atoms with van der Waals surface area (Å²) in [6.07, 6.45) is 7.90. The van der Waals surface area contributed by atoms with Crippen molar-refractivity contribution in [3.8, 4) is 6.07 Å². The number of pyridine rings is 1. The van der Waals surface area contributed by atoms with E-state index in [1.807, 2.05) is 38.8 Å². The summed E-state index contributed by atoms with van der Waals surface area (Å²) in [5, 5.41) is 9.38. The highest BCUT2D eigenvalue weighted by molar-refractivity contribution is 5.82. The van der Waals surface area contributed by atoms with Gasteiger partial charge in [0.1, 0.15) is 23.8 Å². The number of amides is 1. The number of nitriles is 1. The number of hydrogen-bond donors (Lipinski definition) is 0. The number of anilines is 3. The summed E-state index contributed by atoms with van der Waals surface area (Å²) < 4.78 is 0. The predicted molar refractivity (Wildman–Crippen MR) is 129 cm³/mol. The zero-order valence-electron chi connectivity index (χ0n) is 20.3. The van der Waals surface area contributed by atoms with Crippen molar-refractivity contribution in [2.24, 2.45) is 11.3 Å². The summed E-state index contributed by atoms with van der Waals surface area (Å²) >= 11 is 0. The molecule has 2 saturated heterocycles. The first-order chi connectivity index (χ1) is 16.2. The van der Waals surface area contributed by atoms with Crippen LogP contribution in [0, 0.1) is 22.7 Å². The molecule has 2 aromatic heterocycles. The fourth-order valence-electron chi connectivity index (χ4n) is 6.63. The van der Waals surface area contributed by atoms with Gasteiger partial charge in [0.15, 0.2) is 0 Å². The largest absolute Gasteiger partial charge is 0.351 e. The van der Waals surface area contributed by atoms with Crippen LogP contribution in [0.5, 0.6) is 0 Å². The number of nitrogens with zero attached hydrogens (tertiary/aromatic N) is 7. The van der Waals surface area contributed by atoms with E-state index in [1.54, 1.807) is 18.6 Å². The Balaban J connectivity index is 1.37. The molecule has 4 fully saturated rings. The Hall–Kier alpha value is -3.21. The van der Waals surface area contributed by atoms with Crippen LogP contribution in [0.2, 0.25) is 0 Å². The van der Waals surface area contributed by atoms with Gasteiger partial charge in [0, 0.05) is 48.6 Å². The van der Waals surface area contributed by atoms with Crippen molar-refractivity contribution in [1.29, 1.82) is 5.26 Å². The van der Waals surface area contributed by atoms with Gasteiger partial charge in [-0.05, 0) is 31.4 Å². The average Bonchev–Trinajstić information content (AvgIpc) is 3.47. The molecule has 3 unspecified atom stereocenters. The lowest BCUT2D eigenvalue weighted by atomic mass is 9.66. The second-order valence-corrected chi connectivity index (χ2v) is 11.5. The maximum atomic E-state index is 13.0. The Morgan fingerprint density at radius 3 is 2.68 bits per heavy atom. The molecular formula is C26H31N7O. The van der Waals surface area contributed by atoms with Crippen LogP contribution < -0.4 is 9.80 Å². The molecule has 0 N–H and O–H groups in total. The number of aromatic nitrogens is 3. The molecule has 5 heterocycles. The van der Waals surface area contributed by atoms with Gasteiger partial charge in [0.25, 0.3) is 0 Å². The van der Waals surface area contributed by atoms with E-state index in [2.05, 4.69) is 20.9 Å². The van der Waals surface area contributed by atoms with Gasteiger partial charge in [-0.2, -0.15) is 5.26 Å². The number of likely N-dealkylation sites (N-methyl/N-ethyl adjacent to an activating group) is 1. The molecule has 0 aromatic carbocycles. The third kappa shape index (κ3) is 2.88. The molecule has 8 nitrogen and oxygen atoms in total. The Kier molecular flexibility index (Phi) is 4.48. The Labute approximate surface area is 200 Å². The van der Waals surface area contributed by atoms with Crippen LogP contribution in [0.15, 0.2) is 24.7 Å². The van der Waals surface area contributed by atoms with E-state index in [1.165, 1.54) is 12.0 Å². The number of rotatable bonds is 3. The van der Waals surface area contributed by atoms with Gasteiger partial charge in [0.2, 0.25) is 5.91 Å². The summed E-state index contributed by atoms with van der Waals surface area (Å²) in [5.74, 6) is 3.41. The maximum Gasteiger partial charge on any atom is 0.228 e. The van der Waals surface area contributed by atoms with E-state index < -0.39 is 0 Å². The second kappa shape index (κ2) is 7.14. The van der Waals surface area contributed by atoms with E-state index >= 15 is 0 Å². The van der Waals surface area contributed by atoms with E-state index in [9.17, 15) is 10.1 Å². The van der Waals surface area contributed by atoms with Gasteiger partial charge in [-0.25, -0.2) is 15.0 Å². The van der Waals surface area contributed by atoms with Crippen LogP contribution in [-0.4, -0.2) is 58.0 Å². The number of fused-ring (bicyclic) bond motifs is 3. The molecule has 2 bridgehead atoms. The van der Waals surface area contributed by atoms with Gasteiger partial charge >= 0.3 is 0 Å². The topological polar surface area (TPSA) is 89.3 Å². The first-order valence-corrected chi connectivity index (χ1v) is 12.3. The first-order valence-electron chi connectivity index (χ1n) is 12.3. The van der Waals surface area contributed by atoms with Crippen molar-refractivity contribution in [2.45, 2.75) is 64.0 Å². The summed E-state index contributed by atoms with van der Waals surface area (Å²) in [4.78, 5) is 33.8. The SMILES string of the molecule is CN(C(=O)C(C)(C)C)C1C2CC1N(c1ncnc3c1C1(CCC1)CN3c1cc(C#N)ccn1)C2. The highest BCUT2D eigenvalue weighted by Crippen LogP contribution is 2.58. The molecule has 3 atom stereocenters. The highest BCUT2D eigenvalue weighted by Gasteiger charge is 2.58. The lowest BCUT2D eigenvalue weighted by Crippen LogP contribution is -2.57. The van der Waals surface area contributed by atoms with Gasteiger partial charge in [-0.1, -0.05) is 27.2 Å². The molecule has 3 aliphatic heterocycles. The Morgan fingerprint density at radius 1 is 1.24 bits per heavy atom. The van der Waals surface area contributed by atoms with Crippen molar-refractivity contribution < 1.29 is 4.79 Å². The number of hydrogen-bond acceptors (Lipinski definition) is 7. The molecule has 2 saturated carbocycles. The molecule has 0 radical (unpaired) electrons. The minimum atomic E-state index is -0.383. The maximum absolute atomic E-state index is 13.0. The van der Waals surface area contributed by atoms with Crippen molar-refractivity contribution in [3.63, 3.8) is 0 Å². The molecule has 1 spiro atoms. The van der Waals surface area contributed by atoms with E-state index in [4.69, 9.17) is 9.97 Å². The standard InChI is InChI=1S/C26H31N7O/c1-25(2,3)24(34)31(4)21-17-11-18(21)32(13-17)22-20-23(30-15-29-22)33(14-26(20)7-5-8-26)19-10-16(12-27)6-9-28-19/h6,9-10,15,17-18,21H,5,7-8,11,13-14H2,1-4H3. The van der Waals surface area contributed by atoms with Crippen LogP contribution >= 0.6 is 0 Å². The average molecular weight is 458 g/mol. The van der Waals surface area contributed by atoms with Gasteiger partial charge < -0.3 is 14.7 Å². The highest BCUT2D eigenvalue weighted by atomic mass is 16.2. The molecule has 7 rings (SSSR count). The van der Waals surface area contributed by atoms with Crippen molar-refractivity contribution >= 4 is 23.4 Å². The second-order valence-electron chi connectivity index (χ2n) is 11.5. The quantitative estimate of drug-likeness (QED) is 0.698. The molecule has 5 aliphatic rings.